The minimum atomic E-state index is -0.470. The maximum atomic E-state index is 12.9. The molecule has 0 spiro atoms. The van der Waals surface area contributed by atoms with E-state index in [1.54, 1.807) is 0 Å². The average molecular weight is 279 g/mol. The van der Waals surface area contributed by atoms with Crippen molar-refractivity contribution in [1.82, 2.24) is 10.3 Å². The lowest BCUT2D eigenvalue weighted by molar-refractivity contribution is 0.0950. The molecule has 2 aromatic rings. The van der Waals surface area contributed by atoms with Crippen LogP contribution in [0.3, 0.4) is 0 Å². The molecule has 1 amide bonds. The van der Waals surface area contributed by atoms with E-state index in [4.69, 9.17) is 11.6 Å². The second-order valence-corrected chi connectivity index (χ2v) is 4.48. The Kier molecular flexibility index (Phi) is 4.12. The molecule has 0 saturated carbocycles. The molecule has 1 heterocycles. The molecule has 0 fully saturated rings. The van der Waals surface area contributed by atoms with Gasteiger partial charge in [-0.2, -0.15) is 0 Å². The summed E-state index contributed by atoms with van der Waals surface area (Å²) in [6.45, 7) is 2.18. The monoisotopic (exact) mass is 278 g/mol. The molecule has 0 atom stereocenters. The van der Waals surface area contributed by atoms with Crippen molar-refractivity contribution >= 4 is 17.5 Å². The summed E-state index contributed by atoms with van der Waals surface area (Å²) in [5.41, 5.74) is 1.88. The van der Waals surface area contributed by atoms with Crippen molar-refractivity contribution in [2.24, 2.45) is 0 Å². The van der Waals surface area contributed by atoms with Crippen molar-refractivity contribution < 1.29 is 9.18 Å². The quantitative estimate of drug-likeness (QED) is 0.937. The number of pyridine rings is 1. The summed E-state index contributed by atoms with van der Waals surface area (Å²) in [7, 11) is 0. The van der Waals surface area contributed by atoms with Gasteiger partial charge in [0, 0.05) is 5.69 Å². The van der Waals surface area contributed by atoms with Gasteiger partial charge in [-0.25, -0.2) is 4.39 Å². The highest BCUT2D eigenvalue weighted by atomic mass is 35.5. The normalized spacial score (nSPS) is 10.3. The molecule has 0 aliphatic heterocycles. The van der Waals surface area contributed by atoms with Gasteiger partial charge >= 0.3 is 0 Å². The summed E-state index contributed by atoms with van der Waals surface area (Å²) >= 11 is 5.81. The highest BCUT2D eigenvalue weighted by molar-refractivity contribution is 6.33. The smallest absolute Gasteiger partial charge is 0.253 e. The average Bonchev–Trinajstić information content (AvgIpc) is 2.36. The first-order valence-electron chi connectivity index (χ1n) is 5.72. The van der Waals surface area contributed by atoms with Crippen LogP contribution < -0.4 is 5.32 Å². The number of amides is 1. The number of hydrogen-bond acceptors (Lipinski definition) is 2. The van der Waals surface area contributed by atoms with Crippen LogP contribution in [-0.2, 0) is 6.54 Å². The zero-order valence-electron chi connectivity index (χ0n) is 10.3. The van der Waals surface area contributed by atoms with E-state index in [9.17, 15) is 9.18 Å². The van der Waals surface area contributed by atoms with Gasteiger partial charge in [-0.05, 0) is 37.3 Å². The maximum absolute atomic E-state index is 12.9. The fourth-order valence-electron chi connectivity index (χ4n) is 1.64. The van der Waals surface area contributed by atoms with Crippen molar-refractivity contribution in [3.8, 4) is 0 Å². The van der Waals surface area contributed by atoms with Crippen LogP contribution in [0.2, 0.25) is 5.02 Å². The molecule has 1 aromatic carbocycles. The lowest BCUT2D eigenvalue weighted by atomic mass is 10.2. The van der Waals surface area contributed by atoms with Crippen molar-refractivity contribution in [3.05, 3.63) is 64.2 Å². The van der Waals surface area contributed by atoms with Crippen LogP contribution in [0.1, 0.15) is 21.7 Å². The summed E-state index contributed by atoms with van der Waals surface area (Å²) in [6, 6.07) is 9.24. The van der Waals surface area contributed by atoms with Gasteiger partial charge in [0.25, 0.3) is 5.91 Å². The zero-order chi connectivity index (χ0) is 13.8. The van der Waals surface area contributed by atoms with E-state index in [1.807, 2.05) is 25.1 Å². The van der Waals surface area contributed by atoms with Crippen LogP contribution >= 0.6 is 11.6 Å². The third-order valence-corrected chi connectivity index (χ3v) is 2.86. The third kappa shape index (κ3) is 3.51. The highest BCUT2D eigenvalue weighted by Gasteiger charge is 2.10. The molecule has 1 aromatic heterocycles. The van der Waals surface area contributed by atoms with E-state index in [-0.39, 0.29) is 16.5 Å². The molecule has 0 aliphatic carbocycles. The first-order valence-corrected chi connectivity index (χ1v) is 6.10. The van der Waals surface area contributed by atoms with Gasteiger partial charge in [-0.1, -0.05) is 17.7 Å². The zero-order valence-corrected chi connectivity index (χ0v) is 11.0. The Morgan fingerprint density at radius 2 is 2.16 bits per heavy atom. The number of benzene rings is 1. The van der Waals surface area contributed by atoms with E-state index in [0.29, 0.717) is 6.54 Å². The van der Waals surface area contributed by atoms with Crippen LogP contribution in [0.25, 0.3) is 0 Å². The van der Waals surface area contributed by atoms with Gasteiger partial charge in [0.05, 0.1) is 22.8 Å². The Bertz CT molecular complexity index is 616. The Morgan fingerprint density at radius 1 is 1.37 bits per heavy atom. The predicted molar refractivity (Wildman–Crippen MR) is 71.6 cm³/mol. The Labute approximate surface area is 115 Å². The van der Waals surface area contributed by atoms with Crippen LogP contribution in [0.15, 0.2) is 36.4 Å². The largest absolute Gasteiger partial charge is 0.346 e. The molecule has 0 unspecified atom stereocenters. The number of halogens is 2. The number of carbonyl (C=O) groups is 1. The SMILES string of the molecule is Cc1cccc(CNC(=O)c2ccc(F)cc2Cl)n1. The third-order valence-electron chi connectivity index (χ3n) is 2.55. The standard InChI is InChI=1S/C14H12ClFN2O/c1-9-3-2-4-11(18-9)8-17-14(19)12-6-5-10(16)7-13(12)15/h2-7H,8H2,1H3,(H,17,19). The minimum Gasteiger partial charge on any atom is -0.346 e. The summed E-state index contributed by atoms with van der Waals surface area (Å²) in [6.07, 6.45) is 0. The van der Waals surface area contributed by atoms with Crippen molar-refractivity contribution in [2.75, 3.05) is 0 Å². The number of rotatable bonds is 3. The summed E-state index contributed by atoms with van der Waals surface area (Å²) in [5, 5.41) is 2.79. The fourth-order valence-corrected chi connectivity index (χ4v) is 1.89. The molecule has 19 heavy (non-hydrogen) atoms. The predicted octanol–water partition coefficient (Wildman–Crippen LogP) is 3.11. The number of carbonyl (C=O) groups excluding carboxylic acids is 1. The highest BCUT2D eigenvalue weighted by Crippen LogP contribution is 2.17. The lowest BCUT2D eigenvalue weighted by Crippen LogP contribution is -2.23. The molecular formula is C14H12ClFN2O. The van der Waals surface area contributed by atoms with Crippen molar-refractivity contribution in [2.45, 2.75) is 13.5 Å². The first-order chi connectivity index (χ1) is 9.06. The summed E-state index contributed by atoms with van der Waals surface area (Å²) < 4.78 is 12.9. The lowest BCUT2D eigenvalue weighted by Gasteiger charge is -2.07. The van der Waals surface area contributed by atoms with Gasteiger partial charge in [-0.3, -0.25) is 9.78 Å². The molecule has 1 N–H and O–H groups in total. The van der Waals surface area contributed by atoms with Crippen molar-refractivity contribution in [3.63, 3.8) is 0 Å². The number of aromatic nitrogens is 1. The van der Waals surface area contributed by atoms with Gasteiger partial charge in [0.1, 0.15) is 5.82 Å². The summed E-state index contributed by atoms with van der Waals surface area (Å²) in [4.78, 5) is 16.2. The molecule has 0 radical (unpaired) electrons. The molecule has 3 nitrogen and oxygen atoms in total. The van der Waals surface area contributed by atoms with Crippen LogP contribution in [0.4, 0.5) is 4.39 Å². The minimum absolute atomic E-state index is 0.0923. The van der Waals surface area contributed by atoms with Gasteiger partial charge in [0.2, 0.25) is 0 Å². The number of nitrogens with zero attached hydrogens (tertiary/aromatic N) is 1. The van der Waals surface area contributed by atoms with Gasteiger partial charge in [-0.15, -0.1) is 0 Å². The van der Waals surface area contributed by atoms with E-state index in [2.05, 4.69) is 10.3 Å². The van der Waals surface area contributed by atoms with E-state index < -0.39 is 5.82 Å². The molecule has 98 valence electrons. The molecule has 0 saturated heterocycles. The van der Waals surface area contributed by atoms with Crippen LogP contribution in [-0.4, -0.2) is 10.9 Å². The first kappa shape index (κ1) is 13.5. The molecular weight excluding hydrogens is 267 g/mol. The maximum Gasteiger partial charge on any atom is 0.253 e. The second kappa shape index (κ2) is 5.80. The summed E-state index contributed by atoms with van der Waals surface area (Å²) in [5.74, 6) is -0.824. The molecule has 0 bridgehead atoms. The topological polar surface area (TPSA) is 42.0 Å². The van der Waals surface area contributed by atoms with Crippen LogP contribution in [0.5, 0.6) is 0 Å². The Balaban J connectivity index is 2.05. The molecule has 5 heteroatoms. The van der Waals surface area contributed by atoms with Gasteiger partial charge < -0.3 is 5.32 Å². The van der Waals surface area contributed by atoms with E-state index in [1.165, 1.54) is 12.1 Å². The number of nitrogens with one attached hydrogen (secondary N) is 1. The van der Waals surface area contributed by atoms with Crippen molar-refractivity contribution in [1.29, 1.82) is 0 Å². The fraction of sp³-hybridized carbons (Fsp3) is 0.143. The molecule has 0 aliphatic rings. The molecule has 2 rings (SSSR count). The van der Waals surface area contributed by atoms with Crippen LogP contribution in [0, 0.1) is 12.7 Å². The second-order valence-electron chi connectivity index (χ2n) is 4.08. The Morgan fingerprint density at radius 3 is 2.84 bits per heavy atom. The van der Waals surface area contributed by atoms with E-state index >= 15 is 0 Å². The number of hydrogen-bond donors (Lipinski definition) is 1. The Hall–Kier alpha value is -1.94. The van der Waals surface area contributed by atoms with E-state index in [0.717, 1.165) is 17.5 Å². The van der Waals surface area contributed by atoms with Gasteiger partial charge in [0.15, 0.2) is 0 Å². The number of aryl methyl sites for hydroxylation is 1.